The van der Waals surface area contributed by atoms with Gasteiger partial charge in [0.2, 0.25) is 0 Å². The van der Waals surface area contributed by atoms with E-state index in [1.807, 2.05) is 0 Å². The molecule has 1 saturated carbocycles. The van der Waals surface area contributed by atoms with E-state index in [0.29, 0.717) is 5.92 Å². The Labute approximate surface area is 61.8 Å². The molecule has 9 heavy (non-hydrogen) atoms. The number of aliphatic hydroxyl groups is 1. The maximum absolute atomic E-state index is 8.98. The summed E-state index contributed by atoms with van der Waals surface area (Å²) in [5, 5.41) is 8.98. The Hall–Kier alpha value is 0.210. The highest BCUT2D eigenvalue weighted by Crippen LogP contribution is 2.23. The zero-order valence-corrected chi connectivity index (χ0v) is 6.23. The van der Waals surface area contributed by atoms with Gasteiger partial charge in [-0.25, -0.2) is 0 Å². The van der Waals surface area contributed by atoms with Gasteiger partial charge in [0.1, 0.15) is 0 Å². The highest BCUT2D eigenvalue weighted by molar-refractivity contribution is 5.85. The molecule has 56 valence electrons. The quantitative estimate of drug-likeness (QED) is 0.575. The van der Waals surface area contributed by atoms with Gasteiger partial charge < -0.3 is 10.8 Å². The summed E-state index contributed by atoms with van der Waals surface area (Å²) in [5.74, 6) is 0.602. The molecule has 0 aromatic heterocycles. The summed E-state index contributed by atoms with van der Waals surface area (Å²) >= 11 is 0. The lowest BCUT2D eigenvalue weighted by molar-refractivity contribution is 0.178. The van der Waals surface area contributed by atoms with Crippen molar-refractivity contribution in [3.8, 4) is 0 Å². The first kappa shape index (κ1) is 9.21. The maximum atomic E-state index is 8.98. The third-order valence-electron chi connectivity index (χ3n) is 1.85. The Morgan fingerprint density at radius 1 is 1.44 bits per heavy atom. The van der Waals surface area contributed by atoms with Gasteiger partial charge in [0.25, 0.3) is 0 Å². The standard InChI is InChI=1S/C6H13NO.ClH/c7-4-5-1-2-6(8)3-5;/h5-6,8H,1-4,7H2;1H. The smallest absolute Gasteiger partial charge is 0.0543 e. The van der Waals surface area contributed by atoms with Crippen LogP contribution < -0.4 is 5.73 Å². The second-order valence-corrected chi connectivity index (χ2v) is 2.57. The average Bonchev–Trinajstić information content (AvgIpc) is 2.14. The summed E-state index contributed by atoms with van der Waals surface area (Å²) in [5.41, 5.74) is 5.38. The van der Waals surface area contributed by atoms with Crippen molar-refractivity contribution < 1.29 is 5.11 Å². The molecule has 1 fully saturated rings. The van der Waals surface area contributed by atoms with Crippen molar-refractivity contribution in [1.29, 1.82) is 0 Å². The zero-order valence-electron chi connectivity index (χ0n) is 5.42. The van der Waals surface area contributed by atoms with Crippen molar-refractivity contribution in [2.75, 3.05) is 6.54 Å². The van der Waals surface area contributed by atoms with Gasteiger partial charge in [-0.15, -0.1) is 12.4 Å². The Morgan fingerprint density at radius 3 is 2.33 bits per heavy atom. The molecule has 2 atom stereocenters. The van der Waals surface area contributed by atoms with E-state index >= 15 is 0 Å². The Bertz CT molecular complexity index is 79.5. The molecule has 2 unspecified atom stereocenters. The van der Waals surface area contributed by atoms with Crippen molar-refractivity contribution >= 4 is 12.4 Å². The van der Waals surface area contributed by atoms with E-state index in [4.69, 9.17) is 10.8 Å². The molecule has 0 aromatic rings. The molecule has 3 N–H and O–H groups in total. The van der Waals surface area contributed by atoms with Gasteiger partial charge in [0.15, 0.2) is 0 Å². The molecule has 1 aliphatic carbocycles. The Balaban J connectivity index is 0.000000640. The van der Waals surface area contributed by atoms with Gasteiger partial charge in [-0.05, 0) is 31.7 Å². The monoisotopic (exact) mass is 151 g/mol. The van der Waals surface area contributed by atoms with E-state index in [2.05, 4.69) is 0 Å². The van der Waals surface area contributed by atoms with E-state index in [0.717, 1.165) is 25.8 Å². The third kappa shape index (κ3) is 2.52. The first-order valence-corrected chi connectivity index (χ1v) is 3.21. The van der Waals surface area contributed by atoms with Crippen molar-refractivity contribution in [3.05, 3.63) is 0 Å². The highest BCUT2D eigenvalue weighted by Gasteiger charge is 2.20. The van der Waals surface area contributed by atoms with Crippen LogP contribution in [0.2, 0.25) is 0 Å². The van der Waals surface area contributed by atoms with Crippen LogP contribution in [0.15, 0.2) is 0 Å². The van der Waals surface area contributed by atoms with E-state index in [1.165, 1.54) is 0 Å². The summed E-state index contributed by atoms with van der Waals surface area (Å²) in [6.07, 6.45) is 2.96. The van der Waals surface area contributed by atoms with E-state index in [1.54, 1.807) is 0 Å². The molecule has 0 bridgehead atoms. The number of hydrogen-bond acceptors (Lipinski definition) is 2. The van der Waals surface area contributed by atoms with Crippen LogP contribution >= 0.6 is 12.4 Å². The van der Waals surface area contributed by atoms with Crippen LogP contribution in [-0.4, -0.2) is 17.8 Å². The molecular formula is C6H14ClNO. The molecule has 1 rings (SSSR count). The fraction of sp³-hybridized carbons (Fsp3) is 1.00. The molecule has 0 radical (unpaired) electrons. The summed E-state index contributed by atoms with van der Waals surface area (Å²) < 4.78 is 0. The van der Waals surface area contributed by atoms with Crippen molar-refractivity contribution in [2.24, 2.45) is 11.7 Å². The highest BCUT2D eigenvalue weighted by atomic mass is 35.5. The van der Waals surface area contributed by atoms with Crippen molar-refractivity contribution in [1.82, 2.24) is 0 Å². The second-order valence-electron chi connectivity index (χ2n) is 2.57. The minimum atomic E-state index is -0.0523. The maximum Gasteiger partial charge on any atom is 0.0543 e. The molecule has 0 amide bonds. The molecule has 0 saturated heterocycles. The lowest BCUT2D eigenvalue weighted by atomic mass is 10.1. The van der Waals surface area contributed by atoms with Crippen LogP contribution in [0.1, 0.15) is 19.3 Å². The van der Waals surface area contributed by atoms with E-state index in [9.17, 15) is 0 Å². The molecule has 0 aromatic carbocycles. The van der Waals surface area contributed by atoms with Crippen LogP contribution in [0.5, 0.6) is 0 Å². The van der Waals surface area contributed by atoms with Crippen molar-refractivity contribution in [3.63, 3.8) is 0 Å². The van der Waals surface area contributed by atoms with Gasteiger partial charge >= 0.3 is 0 Å². The summed E-state index contributed by atoms with van der Waals surface area (Å²) in [6.45, 7) is 0.747. The summed E-state index contributed by atoms with van der Waals surface area (Å²) in [6, 6.07) is 0. The first-order chi connectivity index (χ1) is 3.83. The predicted molar refractivity (Wildman–Crippen MR) is 39.7 cm³/mol. The summed E-state index contributed by atoms with van der Waals surface area (Å²) in [7, 11) is 0. The third-order valence-corrected chi connectivity index (χ3v) is 1.85. The van der Waals surface area contributed by atoms with Gasteiger partial charge in [0, 0.05) is 0 Å². The Morgan fingerprint density at radius 2 is 2.11 bits per heavy atom. The minimum absolute atomic E-state index is 0. The number of halogens is 1. The number of hydrogen-bond donors (Lipinski definition) is 2. The molecular weight excluding hydrogens is 138 g/mol. The zero-order chi connectivity index (χ0) is 5.98. The molecule has 0 spiro atoms. The summed E-state index contributed by atoms with van der Waals surface area (Å²) in [4.78, 5) is 0. The topological polar surface area (TPSA) is 46.2 Å². The molecule has 1 aliphatic rings. The number of aliphatic hydroxyl groups excluding tert-OH is 1. The molecule has 0 aliphatic heterocycles. The fourth-order valence-corrected chi connectivity index (χ4v) is 1.26. The Kier molecular flexibility index (Phi) is 4.19. The molecule has 0 heterocycles. The normalized spacial score (nSPS) is 34.0. The van der Waals surface area contributed by atoms with Crippen LogP contribution in [0.4, 0.5) is 0 Å². The predicted octanol–water partition coefficient (Wildman–Crippen LogP) is 0.528. The second kappa shape index (κ2) is 4.09. The minimum Gasteiger partial charge on any atom is -0.393 e. The van der Waals surface area contributed by atoms with Crippen molar-refractivity contribution in [2.45, 2.75) is 25.4 Å². The molecule has 3 heteroatoms. The van der Waals surface area contributed by atoms with E-state index in [-0.39, 0.29) is 18.5 Å². The van der Waals surface area contributed by atoms with Gasteiger partial charge in [-0.2, -0.15) is 0 Å². The van der Waals surface area contributed by atoms with Gasteiger partial charge in [0.05, 0.1) is 6.10 Å². The SMILES string of the molecule is Cl.NCC1CCC(O)C1. The van der Waals surface area contributed by atoms with Crippen LogP contribution in [0.3, 0.4) is 0 Å². The van der Waals surface area contributed by atoms with Gasteiger partial charge in [-0.3, -0.25) is 0 Å². The van der Waals surface area contributed by atoms with Gasteiger partial charge in [-0.1, -0.05) is 0 Å². The van der Waals surface area contributed by atoms with Crippen LogP contribution in [0.25, 0.3) is 0 Å². The number of rotatable bonds is 1. The lowest BCUT2D eigenvalue weighted by Crippen LogP contribution is -2.11. The average molecular weight is 152 g/mol. The van der Waals surface area contributed by atoms with Crippen LogP contribution in [-0.2, 0) is 0 Å². The molecule has 2 nitrogen and oxygen atoms in total. The lowest BCUT2D eigenvalue weighted by Gasteiger charge is -2.01. The fourth-order valence-electron chi connectivity index (χ4n) is 1.26. The largest absolute Gasteiger partial charge is 0.393 e. The van der Waals surface area contributed by atoms with E-state index < -0.39 is 0 Å². The number of nitrogens with two attached hydrogens (primary N) is 1. The first-order valence-electron chi connectivity index (χ1n) is 3.21. The van der Waals surface area contributed by atoms with Crippen LogP contribution in [0, 0.1) is 5.92 Å².